The van der Waals surface area contributed by atoms with Gasteiger partial charge in [-0.25, -0.2) is 13.4 Å². The zero-order valence-corrected chi connectivity index (χ0v) is 11.8. The lowest BCUT2D eigenvalue weighted by Gasteiger charge is -2.10. The zero-order chi connectivity index (χ0) is 14.2. The van der Waals surface area contributed by atoms with Crippen LogP contribution in [0.25, 0.3) is 0 Å². The lowest BCUT2D eigenvalue weighted by Crippen LogP contribution is -2.09. The van der Waals surface area contributed by atoms with Gasteiger partial charge in [-0.05, 0) is 24.3 Å². The van der Waals surface area contributed by atoms with Crippen LogP contribution >= 0.6 is 23.2 Å². The molecule has 0 bridgehead atoms. The van der Waals surface area contributed by atoms with Gasteiger partial charge >= 0.3 is 0 Å². The third-order valence-electron chi connectivity index (χ3n) is 2.38. The quantitative estimate of drug-likeness (QED) is 0.885. The van der Waals surface area contributed by atoms with Crippen LogP contribution in [-0.2, 0) is 9.84 Å². The summed E-state index contributed by atoms with van der Waals surface area (Å²) >= 11 is 11.8. The van der Waals surface area contributed by atoms with Crippen molar-refractivity contribution in [2.75, 3.05) is 11.5 Å². The number of nitrogens with two attached hydrogens (primary N) is 2. The summed E-state index contributed by atoms with van der Waals surface area (Å²) in [7, 11) is -3.95. The third-order valence-corrected chi connectivity index (χ3v) is 5.14. The number of anilines is 2. The molecule has 0 aliphatic heterocycles. The zero-order valence-electron chi connectivity index (χ0n) is 9.47. The van der Waals surface area contributed by atoms with E-state index < -0.39 is 9.84 Å². The number of sulfone groups is 1. The highest BCUT2D eigenvalue weighted by molar-refractivity contribution is 7.92. The summed E-state index contributed by atoms with van der Waals surface area (Å²) in [5, 5.41) is 0.0347. The second kappa shape index (κ2) is 4.88. The molecule has 1 heterocycles. The summed E-state index contributed by atoms with van der Waals surface area (Å²) in [6, 6.07) is 7.03. The molecule has 2 aromatic rings. The van der Waals surface area contributed by atoms with Crippen molar-refractivity contribution < 1.29 is 8.42 Å². The van der Waals surface area contributed by atoms with E-state index >= 15 is 0 Å². The van der Waals surface area contributed by atoms with E-state index in [2.05, 4.69) is 4.98 Å². The van der Waals surface area contributed by atoms with E-state index in [9.17, 15) is 8.42 Å². The Labute approximate surface area is 120 Å². The Morgan fingerprint density at radius 3 is 2.11 bits per heavy atom. The lowest BCUT2D eigenvalue weighted by atomic mass is 10.4. The van der Waals surface area contributed by atoms with Crippen molar-refractivity contribution in [2.45, 2.75) is 9.79 Å². The van der Waals surface area contributed by atoms with E-state index in [1.54, 1.807) is 6.07 Å². The topological polar surface area (TPSA) is 99.1 Å². The molecular weight excluding hydrogens is 309 g/mol. The molecule has 0 radical (unpaired) electrons. The molecule has 1 aromatic carbocycles. The fourth-order valence-electron chi connectivity index (χ4n) is 1.55. The van der Waals surface area contributed by atoms with Crippen molar-refractivity contribution in [3.8, 4) is 0 Å². The van der Waals surface area contributed by atoms with E-state index in [4.69, 9.17) is 34.7 Å². The Balaban J connectivity index is 2.73. The molecule has 5 nitrogen and oxygen atoms in total. The molecule has 2 rings (SSSR count). The summed E-state index contributed by atoms with van der Waals surface area (Å²) in [4.78, 5) is 3.33. The first kappa shape index (κ1) is 13.9. The second-order valence-corrected chi connectivity index (χ2v) is 6.34. The van der Waals surface area contributed by atoms with E-state index in [1.807, 2.05) is 0 Å². The van der Waals surface area contributed by atoms with Gasteiger partial charge in [-0.15, -0.1) is 0 Å². The van der Waals surface area contributed by atoms with Crippen LogP contribution in [0, 0.1) is 0 Å². The fourth-order valence-corrected chi connectivity index (χ4v) is 4.00. The maximum absolute atomic E-state index is 12.5. The van der Waals surface area contributed by atoms with Gasteiger partial charge in [0.25, 0.3) is 0 Å². The first-order valence-electron chi connectivity index (χ1n) is 5.05. The Morgan fingerprint density at radius 2 is 1.58 bits per heavy atom. The fraction of sp³-hybridized carbons (Fsp3) is 0. The molecule has 0 atom stereocenters. The lowest BCUT2D eigenvalue weighted by molar-refractivity contribution is 0.596. The van der Waals surface area contributed by atoms with Gasteiger partial charge < -0.3 is 11.5 Å². The molecule has 0 unspecified atom stereocenters. The third kappa shape index (κ3) is 2.47. The summed E-state index contributed by atoms with van der Waals surface area (Å²) in [6.45, 7) is 0. The molecular formula is C11H9Cl2N3O2S. The standard InChI is InChI=1S/C11H9Cl2N3O2S/c12-6-2-1-3-7(13)10(6)19(17,18)8-4-5-9(14)16-11(8)15/h1-5H,(H4,14,15,16). The van der Waals surface area contributed by atoms with Crippen LogP contribution in [0.2, 0.25) is 10.0 Å². The maximum atomic E-state index is 12.5. The van der Waals surface area contributed by atoms with E-state index in [1.165, 1.54) is 24.3 Å². The second-order valence-electron chi connectivity index (χ2n) is 3.67. The van der Waals surface area contributed by atoms with Gasteiger partial charge in [0.15, 0.2) is 0 Å². The predicted molar refractivity (Wildman–Crippen MR) is 75.0 cm³/mol. The number of aromatic nitrogens is 1. The van der Waals surface area contributed by atoms with E-state index in [-0.39, 0.29) is 31.5 Å². The number of benzene rings is 1. The molecule has 0 amide bonds. The Hall–Kier alpha value is -1.50. The van der Waals surface area contributed by atoms with Gasteiger partial charge in [-0.1, -0.05) is 29.3 Å². The first-order valence-corrected chi connectivity index (χ1v) is 7.29. The number of hydrogen-bond donors (Lipinski definition) is 2. The van der Waals surface area contributed by atoms with Crippen LogP contribution in [0.3, 0.4) is 0 Å². The molecule has 0 spiro atoms. The predicted octanol–water partition coefficient (Wildman–Crippen LogP) is 2.39. The van der Waals surface area contributed by atoms with Gasteiger partial charge in [0, 0.05) is 0 Å². The first-order chi connectivity index (χ1) is 8.84. The highest BCUT2D eigenvalue weighted by Crippen LogP contribution is 2.35. The minimum absolute atomic E-state index is 0.0173. The molecule has 0 aliphatic carbocycles. The highest BCUT2D eigenvalue weighted by Gasteiger charge is 2.26. The number of halogens is 2. The number of pyridine rings is 1. The van der Waals surface area contributed by atoms with E-state index in [0.29, 0.717) is 0 Å². The maximum Gasteiger partial charge on any atom is 0.213 e. The molecule has 100 valence electrons. The Bertz CT molecular complexity index is 727. The normalized spacial score (nSPS) is 11.5. The van der Waals surface area contributed by atoms with Gasteiger partial charge in [0.1, 0.15) is 21.4 Å². The molecule has 19 heavy (non-hydrogen) atoms. The van der Waals surface area contributed by atoms with Gasteiger partial charge in [0.05, 0.1) is 10.0 Å². The van der Waals surface area contributed by atoms with Crippen molar-refractivity contribution in [3.63, 3.8) is 0 Å². The average molecular weight is 318 g/mol. The Morgan fingerprint density at radius 1 is 1.00 bits per heavy atom. The molecule has 1 aromatic heterocycles. The minimum atomic E-state index is -3.95. The van der Waals surface area contributed by atoms with Crippen LogP contribution in [0.5, 0.6) is 0 Å². The van der Waals surface area contributed by atoms with Crippen molar-refractivity contribution in [1.29, 1.82) is 0 Å². The Kier molecular flexibility index (Phi) is 3.58. The van der Waals surface area contributed by atoms with Crippen molar-refractivity contribution in [2.24, 2.45) is 0 Å². The molecule has 0 aliphatic rings. The number of nitrogen functional groups attached to an aromatic ring is 2. The number of rotatable bonds is 2. The van der Waals surface area contributed by atoms with Gasteiger partial charge in [-0.2, -0.15) is 0 Å². The van der Waals surface area contributed by atoms with Crippen molar-refractivity contribution in [3.05, 3.63) is 40.4 Å². The monoisotopic (exact) mass is 317 g/mol. The van der Waals surface area contributed by atoms with Crippen molar-refractivity contribution in [1.82, 2.24) is 4.98 Å². The van der Waals surface area contributed by atoms with Crippen LogP contribution in [0.4, 0.5) is 11.6 Å². The molecule has 0 saturated heterocycles. The summed E-state index contributed by atoms with van der Waals surface area (Å²) in [6.07, 6.45) is 0. The minimum Gasteiger partial charge on any atom is -0.384 e. The molecule has 0 fully saturated rings. The van der Waals surface area contributed by atoms with E-state index in [0.717, 1.165) is 0 Å². The van der Waals surface area contributed by atoms with Crippen LogP contribution in [0.15, 0.2) is 40.1 Å². The molecule has 8 heteroatoms. The molecule has 4 N–H and O–H groups in total. The van der Waals surface area contributed by atoms with Crippen molar-refractivity contribution >= 4 is 44.7 Å². The summed E-state index contributed by atoms with van der Waals surface area (Å²) < 4.78 is 25.0. The molecule has 0 saturated carbocycles. The SMILES string of the molecule is Nc1ccc(S(=O)(=O)c2c(Cl)cccc2Cl)c(N)n1. The largest absolute Gasteiger partial charge is 0.384 e. The summed E-state index contributed by atoms with van der Waals surface area (Å²) in [5.41, 5.74) is 11.0. The van der Waals surface area contributed by atoms with Crippen LogP contribution in [0.1, 0.15) is 0 Å². The van der Waals surface area contributed by atoms with Crippen LogP contribution in [-0.4, -0.2) is 13.4 Å². The highest BCUT2D eigenvalue weighted by atomic mass is 35.5. The van der Waals surface area contributed by atoms with Gasteiger partial charge in [0.2, 0.25) is 9.84 Å². The van der Waals surface area contributed by atoms with Crippen LogP contribution < -0.4 is 11.5 Å². The number of nitrogens with zero attached hydrogens (tertiary/aromatic N) is 1. The average Bonchev–Trinajstić information content (AvgIpc) is 2.27. The summed E-state index contributed by atoms with van der Waals surface area (Å²) in [5.74, 6) is -0.0716. The van der Waals surface area contributed by atoms with Gasteiger partial charge in [-0.3, -0.25) is 0 Å². The number of hydrogen-bond acceptors (Lipinski definition) is 5. The smallest absolute Gasteiger partial charge is 0.213 e.